The Kier molecular flexibility index (Phi) is 3.67. The summed E-state index contributed by atoms with van der Waals surface area (Å²) >= 11 is 0. The van der Waals surface area contributed by atoms with Crippen LogP contribution in [0.5, 0.6) is 0 Å². The number of sulfonamides is 1. The van der Waals surface area contributed by atoms with Crippen molar-refractivity contribution in [3.63, 3.8) is 0 Å². The highest BCUT2D eigenvalue weighted by Gasteiger charge is 2.24. The van der Waals surface area contributed by atoms with E-state index in [1.54, 1.807) is 23.1 Å². The maximum Gasteiger partial charge on any atom is 0.273 e. The molecule has 2 aromatic heterocycles. The van der Waals surface area contributed by atoms with Gasteiger partial charge in [-0.3, -0.25) is 9.25 Å². The monoisotopic (exact) mass is 284 g/mol. The average molecular weight is 284 g/mol. The molecule has 1 unspecified atom stereocenters. The zero-order chi connectivity index (χ0) is 14.0. The average Bonchev–Trinajstić information content (AvgIpc) is 2.96. The fourth-order valence-electron chi connectivity index (χ4n) is 1.88. The van der Waals surface area contributed by atoms with Gasteiger partial charge in [-0.25, -0.2) is 13.6 Å². The van der Waals surface area contributed by atoms with Gasteiger partial charge < -0.3 is 0 Å². The fraction of sp³-hybridized carbons (Fsp3) is 0.500. The first-order valence-electron chi connectivity index (χ1n) is 5.90. The van der Waals surface area contributed by atoms with Crippen molar-refractivity contribution in [3.05, 3.63) is 24.3 Å². The van der Waals surface area contributed by atoms with E-state index in [1.807, 2.05) is 13.8 Å². The molecule has 0 aliphatic carbocycles. The van der Waals surface area contributed by atoms with Gasteiger partial charge in [0.25, 0.3) is 15.2 Å². The molecule has 0 aliphatic heterocycles. The van der Waals surface area contributed by atoms with Gasteiger partial charge in [-0.15, -0.1) is 10.2 Å². The van der Waals surface area contributed by atoms with E-state index in [0.717, 1.165) is 6.42 Å². The van der Waals surface area contributed by atoms with Crippen molar-refractivity contribution in [2.75, 3.05) is 0 Å². The molecule has 2 rings (SSSR count). The first-order valence-corrected chi connectivity index (χ1v) is 7.44. The van der Waals surface area contributed by atoms with Gasteiger partial charge in [0.2, 0.25) is 0 Å². The van der Waals surface area contributed by atoms with Crippen LogP contribution in [0.2, 0.25) is 0 Å². The topological polar surface area (TPSA) is 109 Å². The molecule has 0 aliphatic rings. The lowest BCUT2D eigenvalue weighted by Gasteiger charge is -2.14. The first kappa shape index (κ1) is 13.7. The number of primary sulfonamides is 1. The van der Waals surface area contributed by atoms with E-state index in [4.69, 9.17) is 5.14 Å². The molecular weight excluding hydrogens is 268 g/mol. The second-order valence-electron chi connectivity index (χ2n) is 4.20. The van der Waals surface area contributed by atoms with E-state index in [-0.39, 0.29) is 11.2 Å². The molecule has 2 N–H and O–H groups in total. The molecule has 8 nitrogen and oxygen atoms in total. The third-order valence-electron chi connectivity index (χ3n) is 2.74. The van der Waals surface area contributed by atoms with Crippen molar-refractivity contribution < 1.29 is 8.42 Å². The van der Waals surface area contributed by atoms with Crippen molar-refractivity contribution in [1.82, 2.24) is 24.5 Å². The molecule has 9 heteroatoms. The lowest BCUT2D eigenvalue weighted by atomic mass is 10.3. The van der Waals surface area contributed by atoms with Crippen LogP contribution in [0.25, 0.3) is 0 Å². The fourth-order valence-corrected chi connectivity index (χ4v) is 2.53. The standard InChI is InChI=1S/C10H16N6O2S/c1-3-6-15-9(8(2)16-7-4-5-12-16)13-14-10(15)19(11,17)18/h4-5,7-8H,3,6H2,1-2H3,(H2,11,17,18). The molecule has 0 saturated carbocycles. The smallest absolute Gasteiger partial charge is 0.273 e. The van der Waals surface area contributed by atoms with Crippen LogP contribution < -0.4 is 5.14 Å². The Hall–Kier alpha value is -1.74. The highest BCUT2D eigenvalue weighted by Crippen LogP contribution is 2.18. The quantitative estimate of drug-likeness (QED) is 0.840. The first-order chi connectivity index (χ1) is 8.95. The number of hydrogen-bond acceptors (Lipinski definition) is 5. The zero-order valence-corrected chi connectivity index (χ0v) is 11.6. The molecule has 2 heterocycles. The van der Waals surface area contributed by atoms with Crippen LogP contribution >= 0.6 is 0 Å². The Bertz CT molecular complexity index is 646. The third-order valence-corrected chi connectivity index (χ3v) is 3.55. The molecule has 0 saturated heterocycles. The molecular formula is C10H16N6O2S. The molecule has 0 aromatic carbocycles. The number of aromatic nitrogens is 5. The summed E-state index contributed by atoms with van der Waals surface area (Å²) < 4.78 is 26.2. The largest absolute Gasteiger partial charge is 0.299 e. The van der Waals surface area contributed by atoms with Gasteiger partial charge in [0.15, 0.2) is 5.82 Å². The van der Waals surface area contributed by atoms with Crippen LogP contribution in [0.4, 0.5) is 0 Å². The van der Waals surface area contributed by atoms with E-state index in [2.05, 4.69) is 15.3 Å². The molecule has 1 atom stereocenters. The van der Waals surface area contributed by atoms with Crippen molar-refractivity contribution >= 4 is 10.0 Å². The number of rotatable bonds is 5. The minimum atomic E-state index is -3.88. The number of nitrogens with two attached hydrogens (primary N) is 1. The van der Waals surface area contributed by atoms with Crippen LogP contribution in [0.1, 0.15) is 32.1 Å². The van der Waals surface area contributed by atoms with Gasteiger partial charge in [0, 0.05) is 18.9 Å². The van der Waals surface area contributed by atoms with Crippen molar-refractivity contribution in [2.45, 2.75) is 38.0 Å². The Morgan fingerprint density at radius 3 is 2.68 bits per heavy atom. The minimum Gasteiger partial charge on any atom is -0.299 e. The summed E-state index contributed by atoms with van der Waals surface area (Å²) in [5.41, 5.74) is 0. The number of hydrogen-bond donors (Lipinski definition) is 1. The molecule has 0 spiro atoms. The second-order valence-corrected chi connectivity index (χ2v) is 5.65. The van der Waals surface area contributed by atoms with E-state index < -0.39 is 10.0 Å². The van der Waals surface area contributed by atoms with E-state index in [0.29, 0.717) is 12.4 Å². The van der Waals surface area contributed by atoms with E-state index in [1.165, 1.54) is 4.57 Å². The predicted molar refractivity (Wildman–Crippen MR) is 67.7 cm³/mol. The van der Waals surface area contributed by atoms with Crippen LogP contribution in [0.15, 0.2) is 23.6 Å². The Morgan fingerprint density at radius 2 is 2.16 bits per heavy atom. The van der Waals surface area contributed by atoms with Crippen molar-refractivity contribution in [1.29, 1.82) is 0 Å². The van der Waals surface area contributed by atoms with Gasteiger partial charge in [-0.2, -0.15) is 5.10 Å². The predicted octanol–water partition coefficient (Wildman–Crippen LogP) is 0.141. The highest BCUT2D eigenvalue weighted by molar-refractivity contribution is 7.89. The summed E-state index contributed by atoms with van der Waals surface area (Å²) in [6.07, 6.45) is 4.18. The van der Waals surface area contributed by atoms with Gasteiger partial charge in [-0.1, -0.05) is 6.92 Å². The second kappa shape index (κ2) is 5.10. The summed E-state index contributed by atoms with van der Waals surface area (Å²) in [7, 11) is -3.88. The lowest BCUT2D eigenvalue weighted by Crippen LogP contribution is -2.21. The van der Waals surface area contributed by atoms with Gasteiger partial charge >= 0.3 is 0 Å². The summed E-state index contributed by atoms with van der Waals surface area (Å²) in [4.78, 5) is 0. The molecule has 19 heavy (non-hydrogen) atoms. The molecule has 2 aromatic rings. The Labute approximate surface area is 111 Å². The summed E-state index contributed by atoms with van der Waals surface area (Å²) in [6.45, 7) is 4.30. The molecule has 0 amide bonds. The van der Waals surface area contributed by atoms with Gasteiger partial charge in [0.1, 0.15) is 6.04 Å². The lowest BCUT2D eigenvalue weighted by molar-refractivity contribution is 0.482. The van der Waals surface area contributed by atoms with Gasteiger partial charge in [0.05, 0.1) is 0 Å². The molecule has 0 fully saturated rings. The third kappa shape index (κ3) is 2.66. The number of nitrogens with zero attached hydrogens (tertiary/aromatic N) is 5. The summed E-state index contributed by atoms with van der Waals surface area (Å²) in [6, 6.07) is 1.57. The SMILES string of the molecule is CCCn1c(C(C)n2cccn2)nnc1S(N)(=O)=O. The van der Waals surface area contributed by atoms with Crippen LogP contribution in [0, 0.1) is 0 Å². The molecule has 0 bridgehead atoms. The maximum absolute atomic E-state index is 11.5. The highest BCUT2D eigenvalue weighted by atomic mass is 32.2. The summed E-state index contributed by atoms with van der Waals surface area (Å²) in [5, 5.41) is 16.7. The maximum atomic E-state index is 11.5. The summed E-state index contributed by atoms with van der Waals surface area (Å²) in [5.74, 6) is 0.523. The molecule has 104 valence electrons. The van der Waals surface area contributed by atoms with Gasteiger partial charge in [-0.05, 0) is 19.4 Å². The Balaban J connectivity index is 2.49. The molecule has 0 radical (unpaired) electrons. The van der Waals surface area contributed by atoms with Crippen molar-refractivity contribution in [2.24, 2.45) is 5.14 Å². The van der Waals surface area contributed by atoms with E-state index >= 15 is 0 Å². The minimum absolute atomic E-state index is 0.205. The Morgan fingerprint density at radius 1 is 1.42 bits per heavy atom. The van der Waals surface area contributed by atoms with Crippen LogP contribution in [-0.4, -0.2) is 33.0 Å². The van der Waals surface area contributed by atoms with Crippen LogP contribution in [0.3, 0.4) is 0 Å². The zero-order valence-electron chi connectivity index (χ0n) is 10.8. The van der Waals surface area contributed by atoms with E-state index in [9.17, 15) is 8.42 Å². The van der Waals surface area contributed by atoms with Crippen molar-refractivity contribution in [3.8, 4) is 0 Å². The normalized spacial score (nSPS) is 13.6. The van der Waals surface area contributed by atoms with Crippen LogP contribution in [-0.2, 0) is 16.6 Å².